The number of nitrogen functional groups attached to an aromatic ring is 1. The molecule has 2 aromatic rings. The normalized spacial score (nSPS) is 14.9. The summed E-state index contributed by atoms with van der Waals surface area (Å²) in [5.74, 6) is 1.56. The van der Waals surface area contributed by atoms with E-state index in [1.165, 1.54) is 18.4 Å². The minimum Gasteiger partial charge on any atom is -0.368 e. The van der Waals surface area contributed by atoms with E-state index in [-0.39, 0.29) is 0 Å². The summed E-state index contributed by atoms with van der Waals surface area (Å²) >= 11 is 1.74. The molecule has 0 radical (unpaired) electrons. The van der Waals surface area contributed by atoms with Gasteiger partial charge in [0, 0.05) is 11.8 Å². The standard InChI is InChI=1S/C13H16N4S/c14-12-15-16-13(17(12)11-6-7-11)18-9-8-10-4-2-1-3-5-10/h1-5,11H,6-9H2,(H2,14,15). The van der Waals surface area contributed by atoms with Crippen LogP contribution >= 0.6 is 11.8 Å². The van der Waals surface area contributed by atoms with E-state index in [1.54, 1.807) is 11.8 Å². The number of hydrogen-bond acceptors (Lipinski definition) is 4. The lowest BCUT2D eigenvalue weighted by atomic mass is 10.2. The van der Waals surface area contributed by atoms with E-state index in [2.05, 4.69) is 39.0 Å². The van der Waals surface area contributed by atoms with Gasteiger partial charge in [-0.1, -0.05) is 42.1 Å². The lowest BCUT2D eigenvalue weighted by molar-refractivity contribution is 0.671. The summed E-state index contributed by atoms with van der Waals surface area (Å²) in [5, 5.41) is 9.10. The van der Waals surface area contributed by atoms with Crippen molar-refractivity contribution in [2.45, 2.75) is 30.5 Å². The van der Waals surface area contributed by atoms with Crippen molar-refractivity contribution >= 4 is 17.7 Å². The van der Waals surface area contributed by atoms with Crippen molar-refractivity contribution in [3.63, 3.8) is 0 Å². The highest BCUT2D eigenvalue weighted by atomic mass is 32.2. The quantitative estimate of drug-likeness (QED) is 0.839. The Morgan fingerprint density at radius 3 is 2.72 bits per heavy atom. The van der Waals surface area contributed by atoms with Gasteiger partial charge in [-0.15, -0.1) is 10.2 Å². The molecule has 1 aliphatic rings. The molecule has 0 amide bonds. The second-order valence-corrected chi connectivity index (χ2v) is 5.59. The first kappa shape index (κ1) is 11.6. The zero-order chi connectivity index (χ0) is 12.4. The summed E-state index contributed by atoms with van der Waals surface area (Å²) in [7, 11) is 0. The van der Waals surface area contributed by atoms with Gasteiger partial charge in [-0.2, -0.15) is 0 Å². The molecule has 0 unspecified atom stereocenters. The number of rotatable bonds is 5. The second-order valence-electron chi connectivity index (χ2n) is 4.53. The van der Waals surface area contributed by atoms with Crippen molar-refractivity contribution < 1.29 is 0 Å². The molecule has 5 heteroatoms. The Labute approximate surface area is 111 Å². The van der Waals surface area contributed by atoms with Crippen LogP contribution in [0.5, 0.6) is 0 Å². The number of hydrogen-bond donors (Lipinski definition) is 1. The Morgan fingerprint density at radius 2 is 2.00 bits per heavy atom. The lowest BCUT2D eigenvalue weighted by Gasteiger charge is -2.05. The van der Waals surface area contributed by atoms with Gasteiger partial charge in [-0.25, -0.2) is 0 Å². The molecule has 4 nitrogen and oxygen atoms in total. The maximum absolute atomic E-state index is 5.84. The molecule has 0 saturated heterocycles. The number of nitrogens with two attached hydrogens (primary N) is 1. The predicted molar refractivity (Wildman–Crippen MR) is 73.6 cm³/mol. The van der Waals surface area contributed by atoms with Crippen molar-refractivity contribution in [2.24, 2.45) is 0 Å². The third kappa shape index (κ3) is 2.51. The molecule has 0 atom stereocenters. The van der Waals surface area contributed by atoms with Crippen LogP contribution in [-0.2, 0) is 6.42 Å². The van der Waals surface area contributed by atoms with Gasteiger partial charge in [0.2, 0.25) is 5.95 Å². The summed E-state index contributed by atoms with van der Waals surface area (Å²) in [5.41, 5.74) is 7.20. The van der Waals surface area contributed by atoms with E-state index in [0.717, 1.165) is 17.3 Å². The molecule has 94 valence electrons. The SMILES string of the molecule is Nc1nnc(SCCc2ccccc2)n1C1CC1. The molecule has 1 aliphatic carbocycles. The van der Waals surface area contributed by atoms with Gasteiger partial charge >= 0.3 is 0 Å². The highest BCUT2D eigenvalue weighted by Gasteiger charge is 2.28. The van der Waals surface area contributed by atoms with Crippen LogP contribution in [0.15, 0.2) is 35.5 Å². The number of aryl methyl sites for hydroxylation is 1. The molecule has 1 aromatic heterocycles. The van der Waals surface area contributed by atoms with Crippen LogP contribution in [0.3, 0.4) is 0 Å². The maximum Gasteiger partial charge on any atom is 0.222 e. The molecule has 1 heterocycles. The van der Waals surface area contributed by atoms with Gasteiger partial charge in [-0.05, 0) is 24.8 Å². The van der Waals surface area contributed by atoms with Gasteiger partial charge in [0.15, 0.2) is 5.16 Å². The highest BCUT2D eigenvalue weighted by molar-refractivity contribution is 7.99. The molecule has 0 aliphatic heterocycles. The zero-order valence-electron chi connectivity index (χ0n) is 10.1. The van der Waals surface area contributed by atoms with E-state index < -0.39 is 0 Å². The minimum absolute atomic E-state index is 0.541. The summed E-state index contributed by atoms with van der Waals surface area (Å²) in [6, 6.07) is 11.0. The van der Waals surface area contributed by atoms with Crippen LogP contribution in [0.1, 0.15) is 24.4 Å². The van der Waals surface area contributed by atoms with Crippen molar-refractivity contribution in [3.8, 4) is 0 Å². The monoisotopic (exact) mass is 260 g/mol. The first-order valence-electron chi connectivity index (χ1n) is 6.21. The fourth-order valence-corrected chi connectivity index (χ4v) is 2.97. The Bertz CT molecular complexity index is 519. The molecule has 1 aromatic carbocycles. The van der Waals surface area contributed by atoms with E-state index in [4.69, 9.17) is 5.73 Å². The number of aromatic nitrogens is 3. The Morgan fingerprint density at radius 1 is 1.22 bits per heavy atom. The number of thioether (sulfide) groups is 1. The number of anilines is 1. The minimum atomic E-state index is 0.541. The molecule has 1 fully saturated rings. The summed E-state index contributed by atoms with van der Waals surface area (Å²) in [4.78, 5) is 0. The van der Waals surface area contributed by atoms with Crippen LogP contribution in [0, 0.1) is 0 Å². The van der Waals surface area contributed by atoms with E-state index in [0.29, 0.717) is 12.0 Å². The van der Waals surface area contributed by atoms with Crippen molar-refractivity contribution in [3.05, 3.63) is 35.9 Å². The summed E-state index contributed by atoms with van der Waals surface area (Å²) < 4.78 is 2.08. The first-order chi connectivity index (χ1) is 8.84. The van der Waals surface area contributed by atoms with Crippen molar-refractivity contribution in [1.82, 2.24) is 14.8 Å². The molecule has 0 spiro atoms. The Kier molecular flexibility index (Phi) is 3.23. The van der Waals surface area contributed by atoms with Crippen molar-refractivity contribution in [2.75, 3.05) is 11.5 Å². The third-order valence-electron chi connectivity index (χ3n) is 3.07. The summed E-state index contributed by atoms with van der Waals surface area (Å²) in [6.45, 7) is 0. The molecule has 3 rings (SSSR count). The molecule has 18 heavy (non-hydrogen) atoms. The van der Waals surface area contributed by atoms with Gasteiger partial charge in [0.05, 0.1) is 0 Å². The van der Waals surface area contributed by atoms with Crippen LogP contribution in [-0.4, -0.2) is 20.5 Å². The first-order valence-corrected chi connectivity index (χ1v) is 7.20. The van der Waals surface area contributed by atoms with E-state index in [1.807, 2.05) is 6.07 Å². The fraction of sp³-hybridized carbons (Fsp3) is 0.385. The second kappa shape index (κ2) is 5.02. The van der Waals surface area contributed by atoms with Crippen LogP contribution < -0.4 is 5.73 Å². The molecule has 1 saturated carbocycles. The van der Waals surface area contributed by atoms with Gasteiger partial charge in [0.25, 0.3) is 0 Å². The topological polar surface area (TPSA) is 56.7 Å². The van der Waals surface area contributed by atoms with Crippen molar-refractivity contribution in [1.29, 1.82) is 0 Å². The Balaban J connectivity index is 1.60. The van der Waals surface area contributed by atoms with E-state index >= 15 is 0 Å². The van der Waals surface area contributed by atoms with Gasteiger partial charge in [0.1, 0.15) is 0 Å². The average molecular weight is 260 g/mol. The Hall–Kier alpha value is -1.49. The fourth-order valence-electron chi connectivity index (χ4n) is 1.97. The van der Waals surface area contributed by atoms with Gasteiger partial charge in [-0.3, -0.25) is 4.57 Å². The zero-order valence-corrected chi connectivity index (χ0v) is 10.9. The summed E-state index contributed by atoms with van der Waals surface area (Å²) in [6.07, 6.45) is 3.45. The molecule has 0 bridgehead atoms. The average Bonchev–Trinajstić information content (AvgIpc) is 3.16. The van der Waals surface area contributed by atoms with Crippen LogP contribution in [0.25, 0.3) is 0 Å². The van der Waals surface area contributed by atoms with Gasteiger partial charge < -0.3 is 5.73 Å². The predicted octanol–water partition coefficient (Wildman–Crippen LogP) is 2.53. The van der Waals surface area contributed by atoms with Crippen LogP contribution in [0.2, 0.25) is 0 Å². The third-order valence-corrected chi connectivity index (χ3v) is 4.01. The molecule has 2 N–H and O–H groups in total. The number of benzene rings is 1. The maximum atomic E-state index is 5.84. The largest absolute Gasteiger partial charge is 0.368 e. The van der Waals surface area contributed by atoms with E-state index in [9.17, 15) is 0 Å². The number of nitrogens with zero attached hydrogens (tertiary/aromatic N) is 3. The smallest absolute Gasteiger partial charge is 0.222 e. The highest BCUT2D eigenvalue weighted by Crippen LogP contribution is 2.39. The lowest BCUT2D eigenvalue weighted by Crippen LogP contribution is -2.02. The molecular formula is C13H16N4S. The van der Waals surface area contributed by atoms with Crippen LogP contribution in [0.4, 0.5) is 5.95 Å². The molecular weight excluding hydrogens is 244 g/mol.